The zero-order valence-corrected chi connectivity index (χ0v) is 18.3. The molecular formula is C27H17N2PS. The third-order valence-corrected chi connectivity index (χ3v) is 11.2. The first-order chi connectivity index (χ1) is 15.3. The van der Waals surface area contributed by atoms with E-state index in [1.54, 1.807) is 0 Å². The molecule has 0 saturated heterocycles. The van der Waals surface area contributed by atoms with Crippen LogP contribution in [0.4, 0.5) is 11.4 Å². The Morgan fingerprint density at radius 1 is 0.613 bits per heavy atom. The SMILES string of the molecule is S=P12c3ccccc3-c3ccncc3N1c1cc3ccccc3cc1-c1ccccc12. The molecule has 5 aromatic rings. The third kappa shape index (κ3) is 2.18. The molecule has 31 heavy (non-hydrogen) atoms. The molecule has 0 N–H and O–H groups in total. The standard InChI is InChI=1S/C27H17N2PS/c31-30-26-11-5-3-9-21(26)20-13-14-28-17-25(20)29(30)24-16-19-8-2-1-7-18(19)15-23(24)22-10-4-6-12-27(22)30/h1-17H. The molecule has 4 heteroatoms. The van der Waals surface area contributed by atoms with E-state index in [4.69, 9.17) is 11.8 Å². The van der Waals surface area contributed by atoms with Gasteiger partial charge in [0, 0.05) is 27.9 Å². The van der Waals surface area contributed by atoms with Crippen molar-refractivity contribution in [3.63, 3.8) is 0 Å². The molecule has 2 aliphatic rings. The summed E-state index contributed by atoms with van der Waals surface area (Å²) >= 11 is 6.72. The van der Waals surface area contributed by atoms with E-state index in [0.29, 0.717) is 0 Å². The molecule has 0 saturated carbocycles. The second-order valence-electron chi connectivity index (χ2n) is 8.03. The number of rotatable bonds is 0. The van der Waals surface area contributed by atoms with Crippen LogP contribution in [-0.2, 0) is 11.8 Å². The van der Waals surface area contributed by atoms with Gasteiger partial charge in [0.2, 0.25) is 0 Å². The van der Waals surface area contributed by atoms with E-state index in [-0.39, 0.29) is 0 Å². The largest absolute Gasteiger partial charge is 0.303 e. The fourth-order valence-corrected chi connectivity index (χ4v) is 9.84. The van der Waals surface area contributed by atoms with Crippen molar-refractivity contribution in [1.82, 2.24) is 4.98 Å². The van der Waals surface area contributed by atoms with Gasteiger partial charge in [-0.15, -0.1) is 0 Å². The molecule has 3 heterocycles. The molecule has 4 aromatic carbocycles. The van der Waals surface area contributed by atoms with Crippen LogP contribution in [0.2, 0.25) is 0 Å². The summed E-state index contributed by atoms with van der Waals surface area (Å²) in [6.45, 7) is 0. The molecule has 0 bridgehead atoms. The minimum atomic E-state index is -2.31. The number of anilines is 2. The summed E-state index contributed by atoms with van der Waals surface area (Å²) in [5.41, 5.74) is 7.22. The molecule has 0 radical (unpaired) electrons. The third-order valence-electron chi connectivity index (χ3n) is 6.44. The van der Waals surface area contributed by atoms with Gasteiger partial charge in [-0.05, 0) is 40.1 Å². The zero-order chi connectivity index (χ0) is 20.6. The number of nitrogens with zero attached hydrogens (tertiary/aromatic N) is 2. The maximum Gasteiger partial charge on any atom is 0.0986 e. The summed E-state index contributed by atoms with van der Waals surface area (Å²) in [6, 6.07) is 32.7. The van der Waals surface area contributed by atoms with Crippen LogP contribution in [0.3, 0.4) is 0 Å². The van der Waals surface area contributed by atoms with Crippen LogP contribution in [0, 0.1) is 0 Å². The summed E-state index contributed by atoms with van der Waals surface area (Å²) in [4.78, 5) is 4.51. The van der Waals surface area contributed by atoms with Crippen molar-refractivity contribution in [3.05, 3.63) is 103 Å². The van der Waals surface area contributed by atoms with Crippen LogP contribution in [0.1, 0.15) is 0 Å². The van der Waals surface area contributed by atoms with Crippen LogP contribution in [0.5, 0.6) is 0 Å². The Kier molecular flexibility index (Phi) is 3.45. The van der Waals surface area contributed by atoms with Gasteiger partial charge in [-0.1, -0.05) is 84.6 Å². The molecule has 2 aliphatic heterocycles. The Balaban J connectivity index is 1.70. The molecule has 0 amide bonds. The molecular weight excluding hydrogens is 415 g/mol. The fourth-order valence-electron chi connectivity index (χ4n) is 5.11. The maximum atomic E-state index is 6.72. The molecule has 0 spiro atoms. The lowest BCUT2D eigenvalue weighted by atomic mass is 9.97. The van der Waals surface area contributed by atoms with E-state index in [9.17, 15) is 0 Å². The van der Waals surface area contributed by atoms with Gasteiger partial charge in [-0.25, -0.2) is 0 Å². The van der Waals surface area contributed by atoms with Gasteiger partial charge < -0.3 is 4.67 Å². The van der Waals surface area contributed by atoms with E-state index < -0.39 is 6.19 Å². The van der Waals surface area contributed by atoms with Crippen LogP contribution >= 0.6 is 6.19 Å². The summed E-state index contributed by atoms with van der Waals surface area (Å²) in [5.74, 6) is 0. The van der Waals surface area contributed by atoms with Crippen LogP contribution in [0.15, 0.2) is 103 Å². The molecule has 146 valence electrons. The Hall–Kier alpha value is -3.26. The van der Waals surface area contributed by atoms with Crippen molar-refractivity contribution in [2.24, 2.45) is 0 Å². The average Bonchev–Trinajstić information content (AvgIpc) is 2.83. The van der Waals surface area contributed by atoms with Gasteiger partial charge in [0.15, 0.2) is 0 Å². The van der Waals surface area contributed by atoms with Gasteiger partial charge >= 0.3 is 0 Å². The predicted molar refractivity (Wildman–Crippen MR) is 135 cm³/mol. The van der Waals surface area contributed by atoms with E-state index in [1.165, 1.54) is 49.3 Å². The summed E-state index contributed by atoms with van der Waals surface area (Å²) in [5, 5.41) is 4.99. The molecule has 0 fully saturated rings. The van der Waals surface area contributed by atoms with Crippen LogP contribution < -0.4 is 15.3 Å². The normalized spacial score (nSPS) is 17.9. The van der Waals surface area contributed by atoms with E-state index in [0.717, 1.165) is 5.69 Å². The van der Waals surface area contributed by atoms with Crippen LogP contribution in [-0.4, -0.2) is 4.98 Å². The number of benzene rings is 4. The lowest BCUT2D eigenvalue weighted by molar-refractivity contribution is 1.28. The zero-order valence-electron chi connectivity index (χ0n) is 16.6. The summed E-state index contributed by atoms with van der Waals surface area (Å²) in [7, 11) is 0. The highest BCUT2D eigenvalue weighted by molar-refractivity contribution is 8.23. The van der Waals surface area contributed by atoms with E-state index in [1.807, 2.05) is 12.4 Å². The molecule has 1 atom stereocenters. The van der Waals surface area contributed by atoms with Crippen molar-refractivity contribution in [2.75, 3.05) is 4.67 Å². The monoisotopic (exact) mass is 432 g/mol. The topological polar surface area (TPSA) is 16.1 Å². The molecule has 0 aliphatic carbocycles. The number of pyridine rings is 1. The highest BCUT2D eigenvalue weighted by Crippen LogP contribution is 2.65. The Labute approximate surface area is 185 Å². The Bertz CT molecular complexity index is 1590. The van der Waals surface area contributed by atoms with Gasteiger partial charge in [-0.2, -0.15) is 0 Å². The molecule has 1 unspecified atom stereocenters. The van der Waals surface area contributed by atoms with E-state index in [2.05, 4.69) is 101 Å². The molecule has 7 rings (SSSR count). The molecule has 1 aromatic heterocycles. The van der Waals surface area contributed by atoms with Gasteiger partial charge in [0.25, 0.3) is 0 Å². The van der Waals surface area contributed by atoms with Crippen molar-refractivity contribution in [3.8, 4) is 22.3 Å². The second-order valence-corrected chi connectivity index (χ2v) is 12.1. The lowest BCUT2D eigenvalue weighted by Crippen LogP contribution is -2.37. The first-order valence-electron chi connectivity index (χ1n) is 10.3. The van der Waals surface area contributed by atoms with Crippen LogP contribution in [0.25, 0.3) is 33.0 Å². The van der Waals surface area contributed by atoms with Crippen molar-refractivity contribution >= 4 is 50.8 Å². The quantitative estimate of drug-likeness (QED) is 0.264. The second kappa shape index (κ2) is 6.13. The minimum Gasteiger partial charge on any atom is -0.303 e. The van der Waals surface area contributed by atoms with Gasteiger partial charge in [-0.3, -0.25) is 4.98 Å². The summed E-state index contributed by atoms with van der Waals surface area (Å²) < 4.78 is 2.44. The van der Waals surface area contributed by atoms with Crippen molar-refractivity contribution in [2.45, 2.75) is 0 Å². The minimum absolute atomic E-state index is 1.11. The first kappa shape index (κ1) is 17.4. The number of hydrogen-bond donors (Lipinski definition) is 0. The smallest absolute Gasteiger partial charge is 0.0986 e. The predicted octanol–water partition coefficient (Wildman–Crippen LogP) is 6.38. The first-order valence-corrected chi connectivity index (χ1v) is 13.1. The number of aromatic nitrogens is 1. The highest BCUT2D eigenvalue weighted by atomic mass is 32.4. The van der Waals surface area contributed by atoms with Crippen molar-refractivity contribution < 1.29 is 0 Å². The molecule has 2 nitrogen and oxygen atoms in total. The van der Waals surface area contributed by atoms with E-state index >= 15 is 0 Å². The van der Waals surface area contributed by atoms with Gasteiger partial charge in [0.05, 0.1) is 23.8 Å². The van der Waals surface area contributed by atoms with Crippen molar-refractivity contribution in [1.29, 1.82) is 0 Å². The number of hydrogen-bond acceptors (Lipinski definition) is 2. The Morgan fingerprint density at radius 3 is 1.97 bits per heavy atom. The number of fused-ring (bicyclic) bond motifs is 12. The lowest BCUT2D eigenvalue weighted by Gasteiger charge is -2.47. The Morgan fingerprint density at radius 2 is 1.23 bits per heavy atom. The fraction of sp³-hybridized carbons (Fsp3) is 0. The average molecular weight is 432 g/mol. The summed E-state index contributed by atoms with van der Waals surface area (Å²) in [6.07, 6.45) is 1.55. The maximum absolute atomic E-state index is 6.72. The highest BCUT2D eigenvalue weighted by Gasteiger charge is 2.44. The van der Waals surface area contributed by atoms with Gasteiger partial charge in [0.1, 0.15) is 0 Å².